The van der Waals surface area contributed by atoms with E-state index in [1.165, 1.54) is 60.6 Å². The van der Waals surface area contributed by atoms with Crippen LogP contribution in [0.5, 0.6) is 0 Å². The van der Waals surface area contributed by atoms with Gasteiger partial charge in [0, 0.05) is 24.0 Å². The molecule has 1 unspecified atom stereocenters. The Morgan fingerprint density at radius 2 is 1.74 bits per heavy atom. The van der Waals surface area contributed by atoms with Gasteiger partial charge in [-0.1, -0.05) is 0 Å². The van der Waals surface area contributed by atoms with Crippen molar-refractivity contribution in [2.45, 2.75) is 36.7 Å². The third-order valence-electron chi connectivity index (χ3n) is 4.29. The van der Waals surface area contributed by atoms with Gasteiger partial charge in [-0.05, 0) is 56.2 Å². The van der Waals surface area contributed by atoms with Crippen LogP contribution in [0, 0.1) is 0 Å². The van der Waals surface area contributed by atoms with Gasteiger partial charge < -0.3 is 10.0 Å². The summed E-state index contributed by atoms with van der Waals surface area (Å²) in [5.41, 5.74) is 0.623. The molecule has 0 radical (unpaired) electrons. The third kappa shape index (κ3) is 4.25. The Balaban J connectivity index is 1.80. The van der Waals surface area contributed by atoms with Gasteiger partial charge in [0.15, 0.2) is 0 Å². The Bertz CT molecular complexity index is 941. The van der Waals surface area contributed by atoms with Gasteiger partial charge >= 0.3 is 5.97 Å². The van der Waals surface area contributed by atoms with Crippen LogP contribution >= 0.6 is 0 Å². The summed E-state index contributed by atoms with van der Waals surface area (Å²) in [6, 6.07) is 7.47. The van der Waals surface area contributed by atoms with E-state index in [-0.39, 0.29) is 16.5 Å². The molecule has 1 aromatic heterocycles. The van der Waals surface area contributed by atoms with Crippen LogP contribution in [0.3, 0.4) is 0 Å². The average molecular weight is 389 g/mol. The number of carboxylic acids is 1. The molecule has 1 aliphatic carbocycles. The zero-order valence-electron chi connectivity index (χ0n) is 14.6. The lowest BCUT2D eigenvalue weighted by atomic mass is 10.1. The fraction of sp³-hybridized carbons (Fsp3) is 0.278. The van der Waals surface area contributed by atoms with Crippen LogP contribution in [-0.4, -0.2) is 47.4 Å². The molecule has 0 aliphatic heterocycles. The lowest BCUT2D eigenvalue weighted by Gasteiger charge is -2.26. The number of hydrogen-bond donors (Lipinski definition) is 2. The number of aliphatic carboxylic acids is 1. The maximum Gasteiger partial charge on any atom is 0.326 e. The van der Waals surface area contributed by atoms with Gasteiger partial charge in [-0.3, -0.25) is 14.5 Å². The van der Waals surface area contributed by atoms with E-state index in [4.69, 9.17) is 0 Å². The summed E-state index contributed by atoms with van der Waals surface area (Å²) in [5, 5.41) is 9.23. The zero-order valence-corrected chi connectivity index (χ0v) is 15.4. The van der Waals surface area contributed by atoms with Gasteiger partial charge in [-0.25, -0.2) is 13.2 Å². The molecule has 1 atom stereocenters. The average Bonchev–Trinajstić information content (AvgIpc) is 3.47. The smallest absolute Gasteiger partial charge is 0.326 e. The van der Waals surface area contributed by atoms with Crippen molar-refractivity contribution in [3.05, 3.63) is 54.4 Å². The minimum absolute atomic E-state index is 0.000109. The van der Waals surface area contributed by atoms with Gasteiger partial charge in [-0.2, -0.15) is 0 Å². The van der Waals surface area contributed by atoms with Crippen LogP contribution in [0.15, 0.2) is 53.7 Å². The number of amides is 1. The highest BCUT2D eigenvalue weighted by Gasteiger charge is 2.38. The Hall–Kier alpha value is -2.94. The summed E-state index contributed by atoms with van der Waals surface area (Å²) < 4.78 is 27.3. The summed E-state index contributed by atoms with van der Waals surface area (Å²) in [6.07, 6.45) is 4.47. The normalized spacial score (nSPS) is 15.0. The van der Waals surface area contributed by atoms with Crippen molar-refractivity contribution >= 4 is 27.6 Å². The number of sulfonamides is 1. The summed E-state index contributed by atoms with van der Waals surface area (Å²) in [6.45, 7) is 1.47. The molecule has 1 aliphatic rings. The minimum Gasteiger partial charge on any atom is -0.480 e. The number of carbonyl (C=O) groups excluding carboxylic acids is 1. The van der Waals surface area contributed by atoms with Gasteiger partial charge in [0.05, 0.1) is 10.6 Å². The second-order valence-electron chi connectivity index (χ2n) is 6.32. The first kappa shape index (κ1) is 18.8. The molecule has 1 heterocycles. The first-order chi connectivity index (χ1) is 12.8. The van der Waals surface area contributed by atoms with Crippen LogP contribution in [0.1, 0.15) is 30.1 Å². The summed E-state index contributed by atoms with van der Waals surface area (Å²) in [7, 11) is -3.81. The standard InChI is InChI=1S/C18H19N3O5S/c1-12(18(23)24)21(15-4-5-15)17(22)13-2-6-16(7-3-13)27(25,26)20-14-8-10-19-11-9-14/h2-3,6-12,15H,4-5H2,1H3,(H,19,20)(H,23,24). The second-order valence-corrected chi connectivity index (χ2v) is 8.01. The molecule has 1 saturated carbocycles. The van der Waals surface area contributed by atoms with Crippen molar-refractivity contribution < 1.29 is 23.1 Å². The number of nitrogens with zero attached hydrogens (tertiary/aromatic N) is 2. The SMILES string of the molecule is CC(C(=O)O)N(C(=O)c1ccc(S(=O)(=O)Nc2ccncc2)cc1)C1CC1. The van der Waals surface area contributed by atoms with E-state index in [9.17, 15) is 23.1 Å². The molecule has 0 spiro atoms. The Morgan fingerprint density at radius 3 is 2.26 bits per heavy atom. The summed E-state index contributed by atoms with van der Waals surface area (Å²) >= 11 is 0. The predicted molar refractivity (Wildman–Crippen MR) is 97.8 cm³/mol. The molecule has 2 aromatic rings. The first-order valence-corrected chi connectivity index (χ1v) is 9.86. The van der Waals surface area contributed by atoms with Crippen LogP contribution in [0.25, 0.3) is 0 Å². The maximum atomic E-state index is 12.7. The van der Waals surface area contributed by atoms with Gasteiger partial charge in [0.1, 0.15) is 6.04 Å². The van der Waals surface area contributed by atoms with E-state index >= 15 is 0 Å². The molecule has 2 N–H and O–H groups in total. The lowest BCUT2D eigenvalue weighted by molar-refractivity contribution is -0.141. The number of nitrogens with one attached hydrogen (secondary N) is 1. The topological polar surface area (TPSA) is 117 Å². The van der Waals surface area contributed by atoms with Crippen molar-refractivity contribution in [1.29, 1.82) is 0 Å². The number of hydrogen-bond acceptors (Lipinski definition) is 5. The molecule has 3 rings (SSSR count). The fourth-order valence-corrected chi connectivity index (χ4v) is 3.75. The van der Waals surface area contributed by atoms with Crippen LogP contribution in [-0.2, 0) is 14.8 Å². The van der Waals surface area contributed by atoms with Gasteiger partial charge in [-0.15, -0.1) is 0 Å². The predicted octanol–water partition coefficient (Wildman–Crippen LogP) is 1.96. The number of anilines is 1. The van der Waals surface area contributed by atoms with E-state index in [0.29, 0.717) is 5.69 Å². The highest BCUT2D eigenvalue weighted by molar-refractivity contribution is 7.92. The number of carbonyl (C=O) groups is 2. The quantitative estimate of drug-likeness (QED) is 0.748. The van der Waals surface area contributed by atoms with Crippen LogP contribution in [0.4, 0.5) is 5.69 Å². The lowest BCUT2D eigenvalue weighted by Crippen LogP contribution is -2.44. The van der Waals surface area contributed by atoms with E-state index in [1.54, 1.807) is 0 Å². The van der Waals surface area contributed by atoms with Crippen LogP contribution in [0.2, 0.25) is 0 Å². The molecular weight excluding hydrogens is 370 g/mol. The number of rotatable bonds is 7. The van der Waals surface area contributed by atoms with Gasteiger partial charge in [0.2, 0.25) is 0 Å². The minimum atomic E-state index is -3.81. The highest BCUT2D eigenvalue weighted by atomic mass is 32.2. The molecule has 9 heteroatoms. The van der Waals surface area contributed by atoms with Gasteiger partial charge in [0.25, 0.3) is 15.9 Å². The molecular formula is C18H19N3O5S. The second kappa shape index (κ2) is 7.36. The van der Waals surface area contributed by atoms with E-state index in [2.05, 4.69) is 9.71 Å². The zero-order chi connectivity index (χ0) is 19.6. The largest absolute Gasteiger partial charge is 0.480 e. The van der Waals surface area contributed by atoms with E-state index < -0.39 is 27.9 Å². The number of pyridine rings is 1. The molecule has 1 fully saturated rings. The van der Waals surface area contributed by atoms with Crippen molar-refractivity contribution in [3.63, 3.8) is 0 Å². The number of benzene rings is 1. The molecule has 1 aromatic carbocycles. The van der Waals surface area contributed by atoms with Crippen LogP contribution < -0.4 is 4.72 Å². The fourth-order valence-electron chi connectivity index (χ4n) is 2.69. The number of aromatic nitrogens is 1. The summed E-state index contributed by atoms with van der Waals surface area (Å²) in [5.74, 6) is -1.49. The Labute approximate surface area is 156 Å². The molecule has 1 amide bonds. The van der Waals surface area contributed by atoms with Crippen molar-refractivity contribution in [2.75, 3.05) is 4.72 Å². The van der Waals surface area contributed by atoms with Crippen molar-refractivity contribution in [1.82, 2.24) is 9.88 Å². The Morgan fingerprint density at radius 1 is 1.15 bits per heavy atom. The molecule has 8 nitrogen and oxygen atoms in total. The molecule has 27 heavy (non-hydrogen) atoms. The third-order valence-corrected chi connectivity index (χ3v) is 5.69. The highest BCUT2D eigenvalue weighted by Crippen LogP contribution is 2.30. The Kier molecular flexibility index (Phi) is 5.13. The number of carboxylic acid groups (broad SMARTS) is 1. The molecule has 0 saturated heterocycles. The summed E-state index contributed by atoms with van der Waals surface area (Å²) in [4.78, 5) is 29.2. The van der Waals surface area contributed by atoms with Crippen molar-refractivity contribution in [2.24, 2.45) is 0 Å². The maximum absolute atomic E-state index is 12.7. The molecule has 0 bridgehead atoms. The monoisotopic (exact) mass is 389 g/mol. The molecule has 142 valence electrons. The van der Waals surface area contributed by atoms with E-state index in [0.717, 1.165) is 12.8 Å². The first-order valence-electron chi connectivity index (χ1n) is 8.38. The van der Waals surface area contributed by atoms with E-state index in [1.807, 2.05) is 0 Å². The van der Waals surface area contributed by atoms with Crippen molar-refractivity contribution in [3.8, 4) is 0 Å².